The molecule has 0 aliphatic heterocycles. The number of carbonyl (C=O) groups excluding carboxylic acids is 2. The van der Waals surface area contributed by atoms with Gasteiger partial charge in [0.15, 0.2) is 0 Å². The Morgan fingerprint density at radius 2 is 1.79 bits per heavy atom. The highest BCUT2D eigenvalue weighted by Gasteiger charge is 2.31. The van der Waals surface area contributed by atoms with E-state index in [0.717, 1.165) is 11.0 Å². The van der Waals surface area contributed by atoms with Gasteiger partial charge in [-0.25, -0.2) is 14.4 Å². The number of methoxy groups -OCH3 is 1. The maximum absolute atomic E-state index is 14.7. The molecule has 0 bridgehead atoms. The van der Waals surface area contributed by atoms with E-state index in [4.69, 9.17) is 9.26 Å². The molecule has 0 radical (unpaired) electrons. The predicted molar refractivity (Wildman–Crippen MR) is 126 cm³/mol. The van der Waals surface area contributed by atoms with Crippen LogP contribution in [0.4, 0.5) is 10.1 Å². The number of ether oxygens (including phenoxy) is 1. The molecular formula is C23H26FN3O5S. The SMILES string of the molecule is COc1ccc(C(C(=O)Nc2ccc(S(C)(C)C)c(F)c2)N(C)C(=O)c2cc(=O)[nH]o2)cc1. The van der Waals surface area contributed by atoms with Crippen molar-refractivity contribution in [1.82, 2.24) is 10.1 Å². The Morgan fingerprint density at radius 3 is 2.30 bits per heavy atom. The second-order valence-corrected chi connectivity index (χ2v) is 12.3. The van der Waals surface area contributed by atoms with Gasteiger partial charge < -0.3 is 19.5 Å². The molecule has 0 aliphatic rings. The molecule has 3 aromatic rings. The summed E-state index contributed by atoms with van der Waals surface area (Å²) in [5, 5.41) is 4.74. The number of aromatic amines is 1. The minimum atomic E-state index is -1.29. The molecule has 3 rings (SSSR count). The monoisotopic (exact) mass is 475 g/mol. The van der Waals surface area contributed by atoms with E-state index in [9.17, 15) is 18.8 Å². The van der Waals surface area contributed by atoms with Crippen molar-refractivity contribution in [3.8, 4) is 5.75 Å². The zero-order valence-electron chi connectivity index (χ0n) is 19.0. The van der Waals surface area contributed by atoms with Crippen LogP contribution in [-0.2, 0) is 4.79 Å². The van der Waals surface area contributed by atoms with Crippen molar-refractivity contribution >= 4 is 27.5 Å². The predicted octanol–water partition coefficient (Wildman–Crippen LogP) is 3.62. The maximum Gasteiger partial charge on any atom is 0.293 e. The zero-order chi connectivity index (χ0) is 24.3. The van der Waals surface area contributed by atoms with Gasteiger partial charge in [-0.15, -0.1) is 0 Å². The first-order chi connectivity index (χ1) is 15.5. The molecule has 0 aliphatic carbocycles. The van der Waals surface area contributed by atoms with Gasteiger partial charge in [0, 0.05) is 17.6 Å². The quantitative estimate of drug-likeness (QED) is 0.543. The van der Waals surface area contributed by atoms with Crippen LogP contribution in [0, 0.1) is 5.82 Å². The summed E-state index contributed by atoms with van der Waals surface area (Å²) in [6.07, 6.45) is 5.93. The number of nitrogens with zero attached hydrogens (tertiary/aromatic N) is 1. The lowest BCUT2D eigenvalue weighted by molar-refractivity contribution is -0.120. The third kappa shape index (κ3) is 5.46. The molecule has 0 saturated heterocycles. The highest BCUT2D eigenvalue weighted by atomic mass is 32.3. The number of benzene rings is 2. The first kappa shape index (κ1) is 24.1. The Hall–Kier alpha value is -3.53. The topological polar surface area (TPSA) is 105 Å². The molecule has 1 unspecified atom stereocenters. The number of hydrogen-bond donors (Lipinski definition) is 2. The Labute approximate surface area is 192 Å². The first-order valence-electron chi connectivity index (χ1n) is 9.89. The second kappa shape index (κ2) is 9.53. The molecule has 2 aromatic carbocycles. The summed E-state index contributed by atoms with van der Waals surface area (Å²) in [4.78, 5) is 39.3. The van der Waals surface area contributed by atoms with Crippen LogP contribution in [0.25, 0.3) is 0 Å². The summed E-state index contributed by atoms with van der Waals surface area (Å²) < 4.78 is 24.7. The summed E-state index contributed by atoms with van der Waals surface area (Å²) in [6.45, 7) is 0. The smallest absolute Gasteiger partial charge is 0.293 e. The minimum Gasteiger partial charge on any atom is -0.497 e. The van der Waals surface area contributed by atoms with Gasteiger partial charge in [0.25, 0.3) is 17.4 Å². The molecule has 176 valence electrons. The number of anilines is 1. The minimum absolute atomic E-state index is 0.239. The molecule has 10 heteroatoms. The number of halogens is 1. The largest absolute Gasteiger partial charge is 0.497 e. The van der Waals surface area contributed by atoms with E-state index in [1.165, 1.54) is 20.2 Å². The Kier molecular flexibility index (Phi) is 6.97. The van der Waals surface area contributed by atoms with Crippen molar-refractivity contribution in [2.75, 3.05) is 38.2 Å². The third-order valence-electron chi connectivity index (χ3n) is 4.98. The van der Waals surface area contributed by atoms with Gasteiger partial charge in [-0.3, -0.25) is 14.4 Å². The van der Waals surface area contributed by atoms with Gasteiger partial charge in [0.1, 0.15) is 17.6 Å². The van der Waals surface area contributed by atoms with Crippen molar-refractivity contribution in [3.63, 3.8) is 0 Å². The van der Waals surface area contributed by atoms with Crippen LogP contribution in [0.5, 0.6) is 5.75 Å². The summed E-state index contributed by atoms with van der Waals surface area (Å²) in [5.41, 5.74) is 0.171. The average molecular weight is 476 g/mol. The second-order valence-electron chi connectivity index (χ2n) is 8.14. The summed E-state index contributed by atoms with van der Waals surface area (Å²) in [7, 11) is 1.64. The third-order valence-corrected chi connectivity index (χ3v) is 6.63. The maximum atomic E-state index is 14.7. The Morgan fingerprint density at radius 1 is 1.12 bits per heavy atom. The Bertz CT molecular complexity index is 1210. The molecular weight excluding hydrogens is 449 g/mol. The number of aromatic nitrogens is 1. The molecule has 8 nitrogen and oxygen atoms in total. The van der Waals surface area contributed by atoms with Crippen molar-refractivity contribution in [2.24, 2.45) is 0 Å². The molecule has 0 spiro atoms. The standard InChI is InChI=1S/C23H26FN3O5S/c1-27(23(30)18-13-20(28)26-32-18)21(14-6-9-16(31-2)10-7-14)22(29)25-15-8-11-19(17(24)12-15)33(3,4)5/h6-13,21H,1-5H3,(H,25,29)(H,26,28). The highest BCUT2D eigenvalue weighted by Crippen LogP contribution is 2.46. The van der Waals surface area contributed by atoms with Crippen LogP contribution in [0.1, 0.15) is 22.2 Å². The van der Waals surface area contributed by atoms with E-state index in [1.807, 2.05) is 18.8 Å². The summed E-state index contributed by atoms with van der Waals surface area (Å²) >= 11 is 0. The van der Waals surface area contributed by atoms with Gasteiger partial charge in [-0.05, 0) is 54.7 Å². The van der Waals surface area contributed by atoms with Crippen LogP contribution in [-0.4, -0.2) is 54.8 Å². The van der Waals surface area contributed by atoms with Crippen molar-refractivity contribution < 1.29 is 23.2 Å². The number of nitrogens with one attached hydrogen (secondary N) is 2. The van der Waals surface area contributed by atoms with Crippen molar-refractivity contribution in [2.45, 2.75) is 10.9 Å². The van der Waals surface area contributed by atoms with E-state index in [1.54, 1.807) is 36.4 Å². The van der Waals surface area contributed by atoms with E-state index in [-0.39, 0.29) is 11.4 Å². The fraction of sp³-hybridized carbons (Fsp3) is 0.261. The lowest BCUT2D eigenvalue weighted by Gasteiger charge is -2.28. The number of amides is 2. The van der Waals surface area contributed by atoms with E-state index >= 15 is 0 Å². The number of carbonyl (C=O) groups is 2. The average Bonchev–Trinajstić information content (AvgIpc) is 3.19. The first-order valence-corrected chi connectivity index (χ1v) is 12.8. The molecule has 2 N–H and O–H groups in total. The number of likely N-dealkylation sites (N-methyl/N-ethyl adjacent to an activating group) is 1. The van der Waals surface area contributed by atoms with Crippen LogP contribution in [0.2, 0.25) is 0 Å². The summed E-state index contributed by atoms with van der Waals surface area (Å²) in [5.74, 6) is -1.32. The molecule has 1 heterocycles. The fourth-order valence-corrected chi connectivity index (χ4v) is 4.42. The number of hydrogen-bond acceptors (Lipinski definition) is 5. The fourth-order valence-electron chi connectivity index (χ4n) is 3.30. The zero-order valence-corrected chi connectivity index (χ0v) is 19.8. The lowest BCUT2D eigenvalue weighted by atomic mass is 10.0. The number of H-pyrrole nitrogens is 1. The van der Waals surface area contributed by atoms with Gasteiger partial charge in [-0.2, -0.15) is 5.16 Å². The molecule has 0 saturated carbocycles. The molecule has 33 heavy (non-hydrogen) atoms. The summed E-state index contributed by atoms with van der Waals surface area (Å²) in [6, 6.07) is 11.1. The van der Waals surface area contributed by atoms with Gasteiger partial charge >= 0.3 is 0 Å². The molecule has 2 amide bonds. The molecule has 1 atom stereocenters. The molecule has 1 aromatic heterocycles. The van der Waals surface area contributed by atoms with Crippen molar-refractivity contribution in [1.29, 1.82) is 0 Å². The van der Waals surface area contributed by atoms with Crippen LogP contribution in [0.15, 0.2) is 62.7 Å². The normalized spacial score (nSPS) is 12.7. The van der Waals surface area contributed by atoms with Gasteiger partial charge in [-0.1, -0.05) is 12.1 Å². The van der Waals surface area contributed by atoms with Gasteiger partial charge in [0.2, 0.25) is 5.76 Å². The Balaban J connectivity index is 1.94. The van der Waals surface area contributed by atoms with Crippen molar-refractivity contribution in [3.05, 3.63) is 76.0 Å². The molecule has 0 fully saturated rings. The van der Waals surface area contributed by atoms with E-state index in [2.05, 4.69) is 10.5 Å². The number of rotatable bonds is 7. The van der Waals surface area contributed by atoms with E-state index in [0.29, 0.717) is 16.2 Å². The van der Waals surface area contributed by atoms with Gasteiger partial charge in [0.05, 0.1) is 13.2 Å². The lowest BCUT2D eigenvalue weighted by Crippen LogP contribution is -2.38. The van der Waals surface area contributed by atoms with Crippen LogP contribution >= 0.6 is 10.0 Å². The highest BCUT2D eigenvalue weighted by molar-refractivity contribution is 8.32. The van der Waals surface area contributed by atoms with Crippen LogP contribution in [0.3, 0.4) is 0 Å². The van der Waals surface area contributed by atoms with E-state index < -0.39 is 39.3 Å². The van der Waals surface area contributed by atoms with Crippen LogP contribution < -0.4 is 15.6 Å².